The van der Waals surface area contributed by atoms with Gasteiger partial charge in [-0.3, -0.25) is 0 Å². The smallest absolute Gasteiger partial charge is 0.314 e. The summed E-state index contributed by atoms with van der Waals surface area (Å²) in [6, 6.07) is 8.15. The SMILES string of the molecule is CNC(=O)NCCc1cn(S(=O)(=O)c2ccc(C)cc2)c2cc(F)c(O)cc12. The minimum Gasteiger partial charge on any atom is -0.505 e. The van der Waals surface area contributed by atoms with Crippen LogP contribution in [-0.2, 0) is 16.4 Å². The molecule has 3 rings (SSSR count). The van der Waals surface area contributed by atoms with Gasteiger partial charge in [-0.15, -0.1) is 0 Å². The van der Waals surface area contributed by atoms with Gasteiger partial charge in [0.2, 0.25) is 0 Å². The average Bonchev–Trinajstić information content (AvgIpc) is 3.00. The van der Waals surface area contributed by atoms with Crippen LogP contribution in [0.2, 0.25) is 0 Å². The van der Waals surface area contributed by atoms with Crippen LogP contribution >= 0.6 is 0 Å². The number of carbonyl (C=O) groups is 1. The van der Waals surface area contributed by atoms with Gasteiger partial charge in [-0.25, -0.2) is 21.6 Å². The van der Waals surface area contributed by atoms with Crippen LogP contribution in [0.15, 0.2) is 47.5 Å². The van der Waals surface area contributed by atoms with Crippen LogP contribution in [0.4, 0.5) is 9.18 Å². The van der Waals surface area contributed by atoms with E-state index in [0.29, 0.717) is 17.4 Å². The highest BCUT2D eigenvalue weighted by Gasteiger charge is 2.22. The first kappa shape index (κ1) is 19.7. The van der Waals surface area contributed by atoms with E-state index in [1.807, 2.05) is 6.92 Å². The third-order valence-electron chi connectivity index (χ3n) is 4.41. The Labute approximate surface area is 161 Å². The number of nitrogens with zero attached hydrogens (tertiary/aromatic N) is 1. The number of carbonyl (C=O) groups excluding carboxylic acids is 1. The molecule has 0 aliphatic carbocycles. The Kier molecular flexibility index (Phi) is 5.28. The van der Waals surface area contributed by atoms with Crippen molar-refractivity contribution in [3.05, 3.63) is 59.5 Å². The van der Waals surface area contributed by atoms with Gasteiger partial charge in [0, 0.05) is 31.2 Å². The molecule has 1 heterocycles. The zero-order valence-corrected chi connectivity index (χ0v) is 16.2. The van der Waals surface area contributed by atoms with Crippen LogP contribution in [0.25, 0.3) is 10.9 Å². The molecule has 0 spiro atoms. The molecule has 0 aliphatic heterocycles. The highest BCUT2D eigenvalue weighted by Crippen LogP contribution is 2.31. The first-order valence-electron chi connectivity index (χ1n) is 8.54. The number of aryl methyl sites for hydroxylation is 1. The summed E-state index contributed by atoms with van der Waals surface area (Å²) in [5.74, 6) is -1.49. The van der Waals surface area contributed by atoms with Crippen LogP contribution in [0.3, 0.4) is 0 Å². The quantitative estimate of drug-likeness (QED) is 0.607. The molecule has 3 N–H and O–H groups in total. The molecule has 2 aromatic carbocycles. The van der Waals surface area contributed by atoms with Crippen molar-refractivity contribution in [3.8, 4) is 5.75 Å². The lowest BCUT2D eigenvalue weighted by Gasteiger charge is -2.08. The maximum Gasteiger partial charge on any atom is 0.314 e. The Morgan fingerprint density at radius 2 is 1.89 bits per heavy atom. The van der Waals surface area contributed by atoms with E-state index in [9.17, 15) is 22.7 Å². The normalized spacial score (nSPS) is 11.5. The fraction of sp³-hybridized carbons (Fsp3) is 0.211. The van der Waals surface area contributed by atoms with E-state index in [1.165, 1.54) is 31.4 Å². The molecular formula is C19H20FN3O4S. The zero-order chi connectivity index (χ0) is 20.5. The van der Waals surface area contributed by atoms with E-state index in [-0.39, 0.29) is 23.0 Å². The van der Waals surface area contributed by atoms with Crippen molar-refractivity contribution in [2.75, 3.05) is 13.6 Å². The summed E-state index contributed by atoms with van der Waals surface area (Å²) in [5, 5.41) is 15.2. The number of phenolic OH excluding ortho intramolecular Hbond substituents is 1. The Morgan fingerprint density at radius 3 is 2.54 bits per heavy atom. The van der Waals surface area contributed by atoms with Gasteiger partial charge < -0.3 is 15.7 Å². The van der Waals surface area contributed by atoms with E-state index in [2.05, 4.69) is 10.6 Å². The molecule has 0 aliphatic rings. The largest absolute Gasteiger partial charge is 0.505 e. The average molecular weight is 405 g/mol. The lowest BCUT2D eigenvalue weighted by molar-refractivity contribution is 0.243. The summed E-state index contributed by atoms with van der Waals surface area (Å²) in [5.41, 5.74) is 1.58. The monoisotopic (exact) mass is 405 g/mol. The molecule has 0 radical (unpaired) electrons. The summed E-state index contributed by atoms with van der Waals surface area (Å²) < 4.78 is 41.2. The molecule has 9 heteroatoms. The molecule has 3 aromatic rings. The van der Waals surface area contributed by atoms with Crippen LogP contribution in [0.1, 0.15) is 11.1 Å². The maximum atomic E-state index is 14.0. The number of rotatable bonds is 5. The lowest BCUT2D eigenvalue weighted by atomic mass is 10.1. The van der Waals surface area contributed by atoms with Crippen molar-refractivity contribution in [3.63, 3.8) is 0 Å². The fourth-order valence-electron chi connectivity index (χ4n) is 2.89. The molecular weight excluding hydrogens is 385 g/mol. The zero-order valence-electron chi connectivity index (χ0n) is 15.4. The van der Waals surface area contributed by atoms with Gasteiger partial charge in [-0.05, 0) is 37.1 Å². The fourth-order valence-corrected chi connectivity index (χ4v) is 4.28. The third kappa shape index (κ3) is 3.65. The second-order valence-corrected chi connectivity index (χ2v) is 8.16. The number of halogens is 1. The molecule has 0 saturated carbocycles. The maximum absolute atomic E-state index is 14.0. The third-order valence-corrected chi connectivity index (χ3v) is 6.09. The van der Waals surface area contributed by atoms with Gasteiger partial charge in [0.1, 0.15) is 0 Å². The number of fused-ring (bicyclic) bond motifs is 1. The number of aromatic hydroxyl groups is 1. The van der Waals surface area contributed by atoms with E-state index < -0.39 is 21.6 Å². The predicted octanol–water partition coefficient (Wildman–Crippen LogP) is 2.50. The van der Waals surface area contributed by atoms with Crippen molar-refractivity contribution >= 4 is 27.0 Å². The Hall–Kier alpha value is -3.07. The van der Waals surface area contributed by atoms with Gasteiger partial charge in [0.25, 0.3) is 10.0 Å². The van der Waals surface area contributed by atoms with Crippen LogP contribution in [0, 0.1) is 12.7 Å². The molecule has 0 atom stereocenters. The first-order valence-corrected chi connectivity index (χ1v) is 9.98. The van der Waals surface area contributed by atoms with Gasteiger partial charge in [-0.2, -0.15) is 0 Å². The Bertz CT molecular complexity index is 1140. The van der Waals surface area contributed by atoms with Crippen LogP contribution < -0.4 is 10.6 Å². The number of phenols is 1. The second-order valence-electron chi connectivity index (χ2n) is 6.34. The molecule has 0 unspecified atom stereocenters. The predicted molar refractivity (Wildman–Crippen MR) is 103 cm³/mol. The number of nitrogens with one attached hydrogen (secondary N) is 2. The minimum atomic E-state index is -3.97. The molecule has 2 amide bonds. The van der Waals surface area contributed by atoms with Crippen molar-refractivity contribution in [2.45, 2.75) is 18.2 Å². The van der Waals surface area contributed by atoms with E-state index >= 15 is 0 Å². The summed E-state index contributed by atoms with van der Waals surface area (Å²) in [4.78, 5) is 11.4. The second kappa shape index (κ2) is 7.51. The van der Waals surface area contributed by atoms with Gasteiger partial charge >= 0.3 is 6.03 Å². The van der Waals surface area contributed by atoms with Crippen molar-refractivity contribution < 1.29 is 22.7 Å². The number of urea groups is 1. The van der Waals surface area contributed by atoms with E-state index in [4.69, 9.17) is 0 Å². The van der Waals surface area contributed by atoms with Crippen molar-refractivity contribution in [1.29, 1.82) is 0 Å². The number of hydrogen-bond acceptors (Lipinski definition) is 4. The number of hydrogen-bond donors (Lipinski definition) is 3. The standard InChI is InChI=1S/C19H20FN3O4S/c1-12-3-5-14(6-4-12)28(26,27)23-11-13(7-8-22-19(25)21-2)15-9-18(24)16(20)10-17(15)23/h3-6,9-11,24H,7-8H2,1-2H3,(H2,21,22,25). The number of aromatic nitrogens is 1. The molecule has 148 valence electrons. The van der Waals surface area contributed by atoms with E-state index in [1.54, 1.807) is 12.1 Å². The van der Waals surface area contributed by atoms with Gasteiger partial charge in [0.15, 0.2) is 11.6 Å². The molecule has 1 aromatic heterocycles. The molecule has 0 saturated heterocycles. The van der Waals surface area contributed by atoms with E-state index in [0.717, 1.165) is 15.6 Å². The molecule has 7 nitrogen and oxygen atoms in total. The summed E-state index contributed by atoms with van der Waals surface area (Å²) in [6.45, 7) is 2.08. The van der Waals surface area contributed by atoms with Crippen LogP contribution in [-0.4, -0.2) is 37.1 Å². The topological polar surface area (TPSA) is 100 Å². The lowest BCUT2D eigenvalue weighted by Crippen LogP contribution is -2.33. The summed E-state index contributed by atoms with van der Waals surface area (Å²) >= 11 is 0. The number of benzene rings is 2. The van der Waals surface area contributed by atoms with Gasteiger partial charge in [0.05, 0.1) is 10.4 Å². The number of amides is 2. The minimum absolute atomic E-state index is 0.0681. The summed E-state index contributed by atoms with van der Waals surface area (Å²) in [6.07, 6.45) is 1.69. The first-order chi connectivity index (χ1) is 13.2. The van der Waals surface area contributed by atoms with Crippen molar-refractivity contribution in [1.82, 2.24) is 14.6 Å². The highest BCUT2D eigenvalue weighted by molar-refractivity contribution is 7.90. The van der Waals surface area contributed by atoms with Crippen LogP contribution in [0.5, 0.6) is 5.75 Å². The van der Waals surface area contributed by atoms with Gasteiger partial charge in [-0.1, -0.05) is 17.7 Å². The molecule has 0 fully saturated rings. The summed E-state index contributed by atoms with van der Waals surface area (Å²) in [7, 11) is -2.49. The molecule has 28 heavy (non-hydrogen) atoms. The molecule has 0 bridgehead atoms. The Morgan fingerprint density at radius 1 is 1.21 bits per heavy atom. The van der Waals surface area contributed by atoms with Crippen molar-refractivity contribution in [2.24, 2.45) is 0 Å². The Balaban J connectivity index is 2.10. The highest BCUT2D eigenvalue weighted by atomic mass is 32.2.